The first-order valence-corrected chi connectivity index (χ1v) is 8.91. The van der Waals surface area contributed by atoms with Crippen LogP contribution in [0.4, 0.5) is 8.78 Å². The van der Waals surface area contributed by atoms with Crippen LogP contribution in [0.25, 0.3) is 11.1 Å². The number of hydrogen-bond donors (Lipinski definition) is 1. The van der Waals surface area contributed by atoms with E-state index in [0.717, 1.165) is 28.3 Å². The number of methoxy groups -OCH3 is 1. The minimum atomic E-state index is -0.595. The fourth-order valence-corrected chi connectivity index (χ4v) is 3.09. The van der Waals surface area contributed by atoms with Crippen LogP contribution in [0.3, 0.4) is 0 Å². The molecule has 0 saturated carbocycles. The summed E-state index contributed by atoms with van der Waals surface area (Å²) in [5.74, 6) is -1.57. The average Bonchev–Trinajstić information content (AvgIpc) is 2.69. The van der Waals surface area contributed by atoms with E-state index in [0.29, 0.717) is 17.7 Å². The molecule has 3 aromatic carbocycles. The third-order valence-corrected chi connectivity index (χ3v) is 4.58. The van der Waals surface area contributed by atoms with Crippen LogP contribution in [0.1, 0.15) is 27.0 Å². The van der Waals surface area contributed by atoms with E-state index in [4.69, 9.17) is 4.74 Å². The Balaban J connectivity index is 1.83. The molecule has 0 atom stereocenters. The van der Waals surface area contributed by atoms with Crippen molar-refractivity contribution in [3.63, 3.8) is 0 Å². The number of rotatable bonds is 6. The van der Waals surface area contributed by atoms with Gasteiger partial charge in [0.15, 0.2) is 0 Å². The van der Waals surface area contributed by atoms with Gasteiger partial charge in [0, 0.05) is 24.7 Å². The van der Waals surface area contributed by atoms with Crippen molar-refractivity contribution in [3.05, 3.63) is 94.6 Å². The molecule has 0 fully saturated rings. The van der Waals surface area contributed by atoms with Gasteiger partial charge in [-0.15, -0.1) is 0 Å². The van der Waals surface area contributed by atoms with Gasteiger partial charge in [0.1, 0.15) is 11.6 Å². The summed E-state index contributed by atoms with van der Waals surface area (Å²) >= 11 is 0. The highest BCUT2D eigenvalue weighted by molar-refractivity contribution is 5.97. The van der Waals surface area contributed by atoms with Gasteiger partial charge in [-0.25, -0.2) is 13.6 Å². The third-order valence-electron chi connectivity index (χ3n) is 4.58. The first kappa shape index (κ1) is 19.7. The van der Waals surface area contributed by atoms with Gasteiger partial charge in [-0.1, -0.05) is 36.4 Å². The maximum Gasteiger partial charge on any atom is 0.338 e. The predicted molar refractivity (Wildman–Crippen MR) is 105 cm³/mol. The van der Waals surface area contributed by atoms with Crippen molar-refractivity contribution < 1.29 is 18.3 Å². The molecule has 3 aromatic rings. The second-order valence-corrected chi connectivity index (χ2v) is 6.53. The van der Waals surface area contributed by atoms with Gasteiger partial charge in [0.2, 0.25) is 0 Å². The summed E-state index contributed by atoms with van der Waals surface area (Å²) < 4.78 is 31.7. The van der Waals surface area contributed by atoms with Crippen molar-refractivity contribution in [1.82, 2.24) is 5.32 Å². The molecule has 3 rings (SSSR count). The van der Waals surface area contributed by atoms with Crippen LogP contribution in [0.15, 0.2) is 60.7 Å². The predicted octanol–water partition coefficient (Wildman–Crippen LogP) is 5.02. The minimum Gasteiger partial charge on any atom is -0.465 e. The van der Waals surface area contributed by atoms with Crippen LogP contribution in [-0.4, -0.2) is 13.1 Å². The Morgan fingerprint density at radius 1 is 0.964 bits per heavy atom. The molecule has 0 heterocycles. The lowest BCUT2D eigenvalue weighted by Crippen LogP contribution is -2.14. The number of nitrogens with one attached hydrogen (secondary N) is 1. The van der Waals surface area contributed by atoms with Crippen LogP contribution in [0.5, 0.6) is 0 Å². The minimum absolute atomic E-state index is 0.268. The quantitative estimate of drug-likeness (QED) is 0.610. The average molecular weight is 381 g/mol. The standard InChI is InChI=1S/C23H21F2NO2/c1-15-5-3-4-6-19(15)21-11-16(7-10-20(21)23(27)28-2)13-26-14-17-8-9-18(24)12-22(17)25/h3-12,26H,13-14H2,1-2H3. The summed E-state index contributed by atoms with van der Waals surface area (Å²) in [5, 5.41) is 3.16. The normalized spacial score (nSPS) is 10.7. The van der Waals surface area contributed by atoms with Gasteiger partial charge in [-0.2, -0.15) is 0 Å². The molecule has 0 aliphatic rings. The van der Waals surface area contributed by atoms with Crippen molar-refractivity contribution in [1.29, 1.82) is 0 Å². The molecule has 0 saturated heterocycles. The number of aryl methyl sites for hydroxylation is 1. The molecule has 1 N–H and O–H groups in total. The summed E-state index contributed by atoms with van der Waals surface area (Å²) in [6.45, 7) is 2.72. The van der Waals surface area contributed by atoms with Crippen LogP contribution in [0.2, 0.25) is 0 Å². The molecule has 0 unspecified atom stereocenters. The lowest BCUT2D eigenvalue weighted by Gasteiger charge is -2.13. The Morgan fingerprint density at radius 2 is 1.75 bits per heavy atom. The molecule has 0 amide bonds. The van der Waals surface area contributed by atoms with E-state index in [-0.39, 0.29) is 6.54 Å². The number of ether oxygens (including phenoxy) is 1. The highest BCUT2D eigenvalue weighted by Crippen LogP contribution is 2.28. The fraction of sp³-hybridized carbons (Fsp3) is 0.174. The van der Waals surface area contributed by atoms with Gasteiger partial charge in [-0.05, 0) is 47.4 Å². The summed E-state index contributed by atoms with van der Waals surface area (Å²) in [4.78, 5) is 12.2. The molecule has 0 bridgehead atoms. The molecule has 5 heteroatoms. The lowest BCUT2D eigenvalue weighted by atomic mass is 9.94. The smallest absolute Gasteiger partial charge is 0.338 e. The van der Waals surface area contributed by atoms with Gasteiger partial charge < -0.3 is 10.1 Å². The summed E-state index contributed by atoms with van der Waals surface area (Å²) in [7, 11) is 1.36. The van der Waals surface area contributed by atoms with E-state index in [1.165, 1.54) is 19.2 Å². The van der Waals surface area contributed by atoms with E-state index in [1.54, 1.807) is 6.07 Å². The highest BCUT2D eigenvalue weighted by atomic mass is 19.1. The Hall–Kier alpha value is -3.05. The Morgan fingerprint density at radius 3 is 2.46 bits per heavy atom. The summed E-state index contributed by atoms with van der Waals surface area (Å²) in [6, 6.07) is 16.9. The van der Waals surface area contributed by atoms with E-state index in [9.17, 15) is 13.6 Å². The Labute approximate surface area is 163 Å². The number of carbonyl (C=O) groups is 1. The monoisotopic (exact) mass is 381 g/mol. The SMILES string of the molecule is COC(=O)c1ccc(CNCc2ccc(F)cc2F)cc1-c1ccccc1C. The van der Waals surface area contributed by atoms with E-state index in [2.05, 4.69) is 5.32 Å². The molecule has 0 aromatic heterocycles. The molecular formula is C23H21F2NO2. The van der Waals surface area contributed by atoms with Crippen LogP contribution in [0, 0.1) is 18.6 Å². The largest absolute Gasteiger partial charge is 0.465 e. The maximum atomic E-state index is 13.8. The molecule has 144 valence electrons. The van der Waals surface area contributed by atoms with Gasteiger partial charge in [0.05, 0.1) is 12.7 Å². The van der Waals surface area contributed by atoms with E-state index < -0.39 is 17.6 Å². The molecule has 0 aliphatic heterocycles. The molecule has 3 nitrogen and oxygen atoms in total. The Kier molecular flexibility index (Phi) is 6.16. The van der Waals surface area contributed by atoms with E-state index in [1.807, 2.05) is 43.3 Å². The first-order valence-electron chi connectivity index (χ1n) is 8.91. The number of benzene rings is 3. The zero-order valence-electron chi connectivity index (χ0n) is 15.8. The highest BCUT2D eigenvalue weighted by Gasteiger charge is 2.15. The van der Waals surface area contributed by atoms with Crippen LogP contribution in [-0.2, 0) is 17.8 Å². The summed E-state index contributed by atoms with van der Waals surface area (Å²) in [5.41, 5.74) is 4.61. The van der Waals surface area contributed by atoms with Gasteiger partial charge >= 0.3 is 5.97 Å². The number of esters is 1. The second kappa shape index (κ2) is 8.76. The Bertz CT molecular complexity index is 1000. The van der Waals surface area contributed by atoms with E-state index >= 15 is 0 Å². The second-order valence-electron chi connectivity index (χ2n) is 6.53. The molecule has 28 heavy (non-hydrogen) atoms. The van der Waals surface area contributed by atoms with Crippen molar-refractivity contribution in [2.45, 2.75) is 20.0 Å². The summed E-state index contributed by atoms with van der Waals surface area (Å²) in [6.07, 6.45) is 0. The van der Waals surface area contributed by atoms with Crippen molar-refractivity contribution in [3.8, 4) is 11.1 Å². The third kappa shape index (κ3) is 4.43. The van der Waals surface area contributed by atoms with Crippen molar-refractivity contribution in [2.24, 2.45) is 0 Å². The lowest BCUT2D eigenvalue weighted by molar-refractivity contribution is 0.0601. The molecular weight excluding hydrogens is 360 g/mol. The number of carbonyl (C=O) groups excluding carboxylic acids is 1. The van der Waals surface area contributed by atoms with Crippen molar-refractivity contribution >= 4 is 5.97 Å². The number of hydrogen-bond acceptors (Lipinski definition) is 3. The maximum absolute atomic E-state index is 13.8. The molecule has 0 radical (unpaired) electrons. The number of halogens is 2. The van der Waals surface area contributed by atoms with Gasteiger partial charge in [-0.3, -0.25) is 0 Å². The van der Waals surface area contributed by atoms with Crippen LogP contribution >= 0.6 is 0 Å². The van der Waals surface area contributed by atoms with Crippen LogP contribution < -0.4 is 5.32 Å². The first-order chi connectivity index (χ1) is 13.5. The topological polar surface area (TPSA) is 38.3 Å². The molecule has 0 aliphatic carbocycles. The van der Waals surface area contributed by atoms with Gasteiger partial charge in [0.25, 0.3) is 0 Å². The fourth-order valence-electron chi connectivity index (χ4n) is 3.09. The zero-order chi connectivity index (χ0) is 20.1. The molecule has 0 spiro atoms. The zero-order valence-corrected chi connectivity index (χ0v) is 15.8. The van der Waals surface area contributed by atoms with Crippen molar-refractivity contribution in [2.75, 3.05) is 7.11 Å².